The van der Waals surface area contributed by atoms with Crippen LogP contribution in [0.2, 0.25) is 0 Å². The van der Waals surface area contributed by atoms with E-state index in [-0.39, 0.29) is 17.3 Å². The Kier molecular flexibility index (Phi) is 4.45. The number of carbonyl (C=O) groups excluding carboxylic acids is 1. The number of hydrogen-bond acceptors (Lipinski definition) is 4. The summed E-state index contributed by atoms with van der Waals surface area (Å²) in [5, 5.41) is 13.0. The molecular formula is C10H11BrN2O4. The Hall–Kier alpha value is -1.63. The van der Waals surface area contributed by atoms with Crippen molar-refractivity contribution in [2.75, 3.05) is 7.05 Å². The van der Waals surface area contributed by atoms with E-state index >= 15 is 0 Å². The van der Waals surface area contributed by atoms with Crippen LogP contribution in [-0.2, 0) is 4.79 Å². The average Bonchev–Trinajstić information content (AvgIpc) is 2.30. The maximum Gasteiger partial charge on any atom is 0.273 e. The second-order valence-corrected chi connectivity index (χ2v) is 4.10. The zero-order chi connectivity index (χ0) is 13.0. The van der Waals surface area contributed by atoms with Gasteiger partial charge in [0.25, 0.3) is 11.6 Å². The third-order valence-corrected chi connectivity index (χ3v) is 2.70. The molecule has 7 heteroatoms. The molecule has 6 nitrogen and oxygen atoms in total. The SMILES string of the molecule is CNC(=O)C(C)Oc1cc([N+](=O)[O-])ccc1Br. The van der Waals surface area contributed by atoms with Gasteiger partial charge < -0.3 is 10.1 Å². The number of hydrogen-bond donors (Lipinski definition) is 1. The summed E-state index contributed by atoms with van der Waals surface area (Å²) in [6.45, 7) is 1.56. The first-order valence-corrected chi connectivity index (χ1v) is 5.57. The summed E-state index contributed by atoms with van der Waals surface area (Å²) in [6, 6.07) is 4.12. The van der Waals surface area contributed by atoms with E-state index in [1.54, 1.807) is 6.92 Å². The average molecular weight is 303 g/mol. The van der Waals surface area contributed by atoms with Gasteiger partial charge >= 0.3 is 0 Å². The number of non-ortho nitro benzene ring substituents is 1. The Morgan fingerprint density at radius 2 is 2.24 bits per heavy atom. The molecular weight excluding hydrogens is 292 g/mol. The van der Waals surface area contributed by atoms with E-state index in [0.717, 1.165) is 0 Å². The van der Waals surface area contributed by atoms with Crippen LogP contribution in [0.15, 0.2) is 22.7 Å². The van der Waals surface area contributed by atoms with Crippen LogP contribution < -0.4 is 10.1 Å². The summed E-state index contributed by atoms with van der Waals surface area (Å²) in [5.74, 6) is -0.0429. The maximum atomic E-state index is 11.3. The van der Waals surface area contributed by atoms with Gasteiger partial charge in [0, 0.05) is 13.1 Å². The lowest BCUT2D eigenvalue weighted by atomic mass is 10.3. The van der Waals surface area contributed by atoms with Crippen molar-refractivity contribution >= 4 is 27.5 Å². The van der Waals surface area contributed by atoms with Crippen LogP contribution in [0.4, 0.5) is 5.69 Å². The van der Waals surface area contributed by atoms with Crippen molar-refractivity contribution in [3.8, 4) is 5.75 Å². The molecule has 1 rings (SSSR count). The van der Waals surface area contributed by atoms with Gasteiger partial charge in [-0.25, -0.2) is 0 Å². The van der Waals surface area contributed by atoms with Crippen molar-refractivity contribution in [1.29, 1.82) is 0 Å². The number of carbonyl (C=O) groups is 1. The minimum Gasteiger partial charge on any atom is -0.479 e. The number of benzene rings is 1. The third kappa shape index (κ3) is 3.42. The van der Waals surface area contributed by atoms with Crippen molar-refractivity contribution < 1.29 is 14.5 Å². The molecule has 1 amide bonds. The minimum atomic E-state index is -0.724. The second kappa shape index (κ2) is 5.62. The van der Waals surface area contributed by atoms with Gasteiger partial charge in [0.15, 0.2) is 6.10 Å². The van der Waals surface area contributed by atoms with Crippen LogP contribution >= 0.6 is 15.9 Å². The lowest BCUT2D eigenvalue weighted by Crippen LogP contribution is -2.33. The summed E-state index contributed by atoms with van der Waals surface area (Å²) in [6.07, 6.45) is -0.724. The first kappa shape index (κ1) is 13.4. The van der Waals surface area contributed by atoms with E-state index in [9.17, 15) is 14.9 Å². The summed E-state index contributed by atoms with van der Waals surface area (Å²) < 4.78 is 5.88. The molecule has 0 aliphatic heterocycles. The number of nitro groups is 1. The molecule has 92 valence electrons. The van der Waals surface area contributed by atoms with Crippen LogP contribution in [0.5, 0.6) is 5.75 Å². The van der Waals surface area contributed by atoms with E-state index in [4.69, 9.17) is 4.74 Å². The van der Waals surface area contributed by atoms with Gasteiger partial charge in [-0.2, -0.15) is 0 Å². The van der Waals surface area contributed by atoms with E-state index in [0.29, 0.717) is 4.47 Å². The highest BCUT2D eigenvalue weighted by molar-refractivity contribution is 9.10. The zero-order valence-electron chi connectivity index (χ0n) is 9.27. The molecule has 1 unspecified atom stereocenters. The van der Waals surface area contributed by atoms with Crippen LogP contribution in [0, 0.1) is 10.1 Å². The first-order chi connectivity index (χ1) is 7.95. The fraction of sp³-hybridized carbons (Fsp3) is 0.300. The summed E-state index contributed by atoms with van der Waals surface area (Å²) in [7, 11) is 1.49. The van der Waals surface area contributed by atoms with Crippen molar-refractivity contribution in [2.24, 2.45) is 0 Å². The minimum absolute atomic E-state index is 0.0905. The molecule has 17 heavy (non-hydrogen) atoms. The molecule has 0 aromatic heterocycles. The highest BCUT2D eigenvalue weighted by atomic mass is 79.9. The van der Waals surface area contributed by atoms with Crippen molar-refractivity contribution in [2.45, 2.75) is 13.0 Å². The molecule has 0 spiro atoms. The van der Waals surface area contributed by atoms with Crippen molar-refractivity contribution in [3.63, 3.8) is 0 Å². The molecule has 0 bridgehead atoms. The fourth-order valence-corrected chi connectivity index (χ4v) is 1.48. The Morgan fingerprint density at radius 1 is 1.59 bits per heavy atom. The standard InChI is InChI=1S/C10H11BrN2O4/c1-6(10(14)12-2)17-9-5-7(13(15)16)3-4-8(9)11/h3-6H,1-2H3,(H,12,14). The quantitative estimate of drug-likeness (QED) is 0.680. The largest absolute Gasteiger partial charge is 0.479 e. The fourth-order valence-electron chi connectivity index (χ4n) is 1.14. The predicted octanol–water partition coefficient (Wildman–Crippen LogP) is 1.87. The summed E-state index contributed by atoms with van der Waals surface area (Å²) in [4.78, 5) is 21.3. The molecule has 0 aliphatic carbocycles. The van der Waals surface area contributed by atoms with E-state index in [2.05, 4.69) is 21.2 Å². The van der Waals surface area contributed by atoms with E-state index in [1.165, 1.54) is 25.2 Å². The monoisotopic (exact) mass is 302 g/mol. The molecule has 0 saturated heterocycles. The second-order valence-electron chi connectivity index (χ2n) is 3.25. The molecule has 0 fully saturated rings. The lowest BCUT2D eigenvalue weighted by molar-refractivity contribution is -0.385. The zero-order valence-corrected chi connectivity index (χ0v) is 10.9. The van der Waals surface area contributed by atoms with Crippen molar-refractivity contribution in [1.82, 2.24) is 5.32 Å². The number of ether oxygens (including phenoxy) is 1. The Balaban J connectivity index is 2.93. The predicted molar refractivity (Wildman–Crippen MR) is 65.0 cm³/mol. The van der Waals surface area contributed by atoms with Gasteiger partial charge in [-0.3, -0.25) is 14.9 Å². The number of halogens is 1. The van der Waals surface area contributed by atoms with Crippen molar-refractivity contribution in [3.05, 3.63) is 32.8 Å². The lowest BCUT2D eigenvalue weighted by Gasteiger charge is -2.14. The summed E-state index contributed by atoms with van der Waals surface area (Å²) in [5.41, 5.74) is -0.0905. The molecule has 0 saturated carbocycles. The number of amides is 1. The van der Waals surface area contributed by atoms with Gasteiger partial charge in [-0.05, 0) is 28.9 Å². The van der Waals surface area contributed by atoms with Crippen LogP contribution in [-0.4, -0.2) is 24.0 Å². The van der Waals surface area contributed by atoms with E-state index in [1.807, 2.05) is 0 Å². The third-order valence-electron chi connectivity index (χ3n) is 2.04. The van der Waals surface area contributed by atoms with Crippen LogP contribution in [0.25, 0.3) is 0 Å². The molecule has 0 aliphatic rings. The highest BCUT2D eigenvalue weighted by Crippen LogP contribution is 2.29. The number of rotatable bonds is 4. The number of likely N-dealkylation sites (N-methyl/N-ethyl adjacent to an activating group) is 1. The molecule has 1 aromatic rings. The topological polar surface area (TPSA) is 81.5 Å². The van der Waals surface area contributed by atoms with Crippen LogP contribution in [0.3, 0.4) is 0 Å². The summed E-state index contributed by atoms with van der Waals surface area (Å²) >= 11 is 3.20. The normalized spacial score (nSPS) is 11.7. The van der Waals surface area contributed by atoms with Gasteiger partial charge in [0.05, 0.1) is 15.5 Å². The molecule has 1 aromatic carbocycles. The van der Waals surface area contributed by atoms with Gasteiger partial charge in [0.1, 0.15) is 5.75 Å². The molecule has 1 N–H and O–H groups in total. The smallest absolute Gasteiger partial charge is 0.273 e. The Morgan fingerprint density at radius 3 is 2.76 bits per heavy atom. The molecule has 0 radical (unpaired) electrons. The van der Waals surface area contributed by atoms with Gasteiger partial charge in [-0.15, -0.1) is 0 Å². The van der Waals surface area contributed by atoms with Crippen LogP contribution in [0.1, 0.15) is 6.92 Å². The first-order valence-electron chi connectivity index (χ1n) is 4.78. The molecule has 1 atom stereocenters. The number of nitro benzene ring substituents is 1. The van der Waals surface area contributed by atoms with Gasteiger partial charge in [0.2, 0.25) is 0 Å². The van der Waals surface area contributed by atoms with Gasteiger partial charge in [-0.1, -0.05) is 0 Å². The number of nitrogens with one attached hydrogen (secondary N) is 1. The Labute approximate surface area is 106 Å². The highest BCUT2D eigenvalue weighted by Gasteiger charge is 2.16. The number of nitrogens with zero attached hydrogens (tertiary/aromatic N) is 1. The Bertz CT molecular complexity index is 450. The molecule has 0 heterocycles. The van der Waals surface area contributed by atoms with E-state index < -0.39 is 11.0 Å². The maximum absolute atomic E-state index is 11.3.